The van der Waals surface area contributed by atoms with Gasteiger partial charge in [-0.1, -0.05) is 44.9 Å². The van der Waals surface area contributed by atoms with Crippen LogP contribution in [0, 0.1) is 0 Å². The van der Waals surface area contributed by atoms with Crippen LogP contribution >= 0.6 is 0 Å². The zero-order valence-electron chi connectivity index (χ0n) is 9.34. The summed E-state index contributed by atoms with van der Waals surface area (Å²) in [6, 6.07) is 6.80. The van der Waals surface area contributed by atoms with E-state index in [9.17, 15) is 0 Å². The highest BCUT2D eigenvalue weighted by Gasteiger charge is 1.99. The Morgan fingerprint density at radius 3 is 1.64 bits per heavy atom. The average Bonchev–Trinajstić information content (AvgIpc) is 2.18. The summed E-state index contributed by atoms with van der Waals surface area (Å²) in [5.74, 6) is 0. The molecule has 0 aliphatic heterocycles. The van der Waals surface area contributed by atoms with E-state index in [1.165, 1.54) is 42.4 Å². The maximum Gasteiger partial charge on any atom is 0.0178 e. The molecule has 0 aliphatic carbocycles. The summed E-state index contributed by atoms with van der Waals surface area (Å²) in [5, 5.41) is 0. The van der Waals surface area contributed by atoms with E-state index in [1.54, 1.807) is 0 Å². The molecule has 0 spiro atoms. The molecule has 0 amide bonds. The Morgan fingerprint density at radius 1 is 0.857 bits per heavy atom. The highest BCUT2D eigenvalue weighted by atomic mass is 14.5. The lowest BCUT2D eigenvalue weighted by atomic mass is 10.00. The first kappa shape index (κ1) is 11.3. The normalized spacial score (nSPS) is 10.5. The van der Waals surface area contributed by atoms with E-state index in [-0.39, 0.29) is 0 Å². The van der Waals surface area contributed by atoms with Crippen LogP contribution in [-0.4, -0.2) is 0 Å². The molecule has 0 atom stereocenters. The third-order valence-electron chi connectivity index (χ3n) is 2.43. The molecule has 1 heteroatoms. The molecular weight excluding hydrogens is 170 g/mol. The van der Waals surface area contributed by atoms with Crippen molar-refractivity contribution in [3.63, 3.8) is 0 Å². The summed E-state index contributed by atoms with van der Waals surface area (Å²) in [6.07, 6.45) is 4.76. The standard InChI is InChI=1S/C13H21N/c1-3-5-11-7-12(6-4-2)9-13(8-11)10-14/h7-9H,3-6,10,14H2,1-2H3. The van der Waals surface area contributed by atoms with Gasteiger partial charge in [-0.25, -0.2) is 0 Å². The molecule has 1 aromatic rings. The Bertz CT molecular complexity index is 254. The lowest BCUT2D eigenvalue weighted by Crippen LogP contribution is -1.99. The van der Waals surface area contributed by atoms with Crippen molar-refractivity contribution in [1.82, 2.24) is 0 Å². The molecule has 1 aromatic carbocycles. The number of rotatable bonds is 5. The summed E-state index contributed by atoms with van der Waals surface area (Å²) in [5.41, 5.74) is 9.84. The first-order chi connectivity index (χ1) is 6.80. The van der Waals surface area contributed by atoms with Crippen molar-refractivity contribution in [3.05, 3.63) is 34.9 Å². The van der Waals surface area contributed by atoms with Crippen LogP contribution in [0.5, 0.6) is 0 Å². The second-order valence-corrected chi connectivity index (χ2v) is 3.86. The van der Waals surface area contributed by atoms with Gasteiger partial charge >= 0.3 is 0 Å². The monoisotopic (exact) mass is 191 g/mol. The zero-order chi connectivity index (χ0) is 10.4. The first-order valence-electron chi connectivity index (χ1n) is 5.62. The van der Waals surface area contributed by atoms with E-state index in [1.807, 2.05) is 0 Å². The van der Waals surface area contributed by atoms with Crippen molar-refractivity contribution in [3.8, 4) is 0 Å². The SMILES string of the molecule is CCCc1cc(CN)cc(CCC)c1. The topological polar surface area (TPSA) is 26.0 Å². The van der Waals surface area contributed by atoms with Crippen LogP contribution in [0.3, 0.4) is 0 Å². The Hall–Kier alpha value is -0.820. The first-order valence-corrected chi connectivity index (χ1v) is 5.62. The molecule has 0 radical (unpaired) electrons. The predicted molar refractivity (Wildman–Crippen MR) is 62.3 cm³/mol. The maximum absolute atomic E-state index is 5.68. The van der Waals surface area contributed by atoms with Crippen LogP contribution < -0.4 is 5.73 Å². The third kappa shape index (κ3) is 3.15. The van der Waals surface area contributed by atoms with Crippen molar-refractivity contribution in [1.29, 1.82) is 0 Å². The Morgan fingerprint density at radius 2 is 1.29 bits per heavy atom. The van der Waals surface area contributed by atoms with Crippen molar-refractivity contribution in [2.24, 2.45) is 5.73 Å². The van der Waals surface area contributed by atoms with Gasteiger partial charge in [0.25, 0.3) is 0 Å². The minimum Gasteiger partial charge on any atom is -0.326 e. The van der Waals surface area contributed by atoms with Crippen molar-refractivity contribution < 1.29 is 0 Å². The number of hydrogen-bond donors (Lipinski definition) is 1. The largest absolute Gasteiger partial charge is 0.326 e. The zero-order valence-corrected chi connectivity index (χ0v) is 9.34. The molecule has 0 aromatic heterocycles. The van der Waals surface area contributed by atoms with Crippen molar-refractivity contribution in [2.75, 3.05) is 0 Å². The smallest absolute Gasteiger partial charge is 0.0178 e. The summed E-state index contributed by atoms with van der Waals surface area (Å²) in [6.45, 7) is 5.09. The molecular formula is C13H21N. The van der Waals surface area contributed by atoms with Crippen molar-refractivity contribution >= 4 is 0 Å². The van der Waals surface area contributed by atoms with Crippen LogP contribution in [-0.2, 0) is 19.4 Å². The summed E-state index contributed by atoms with van der Waals surface area (Å²) >= 11 is 0. The Labute approximate surface area is 87.3 Å². The molecule has 0 aliphatic rings. The molecule has 0 saturated carbocycles. The highest BCUT2D eigenvalue weighted by Crippen LogP contribution is 2.13. The summed E-state index contributed by atoms with van der Waals surface area (Å²) < 4.78 is 0. The highest BCUT2D eigenvalue weighted by molar-refractivity contribution is 5.30. The van der Waals surface area contributed by atoms with E-state index >= 15 is 0 Å². The quantitative estimate of drug-likeness (QED) is 0.760. The third-order valence-corrected chi connectivity index (χ3v) is 2.43. The second kappa shape index (κ2) is 5.82. The molecule has 0 saturated heterocycles. The molecule has 78 valence electrons. The van der Waals surface area contributed by atoms with Gasteiger partial charge in [-0.05, 0) is 29.5 Å². The van der Waals surface area contributed by atoms with E-state index in [4.69, 9.17) is 5.73 Å². The fourth-order valence-corrected chi connectivity index (χ4v) is 1.82. The maximum atomic E-state index is 5.68. The van der Waals surface area contributed by atoms with Crippen LogP contribution in [0.25, 0.3) is 0 Å². The molecule has 0 unspecified atom stereocenters. The van der Waals surface area contributed by atoms with Crippen molar-refractivity contribution in [2.45, 2.75) is 46.1 Å². The number of benzene rings is 1. The van der Waals surface area contributed by atoms with Gasteiger partial charge in [-0.2, -0.15) is 0 Å². The van der Waals surface area contributed by atoms with Crippen LogP contribution in [0.4, 0.5) is 0 Å². The van der Waals surface area contributed by atoms with E-state index in [2.05, 4.69) is 32.0 Å². The van der Waals surface area contributed by atoms with Gasteiger partial charge in [0, 0.05) is 6.54 Å². The van der Waals surface area contributed by atoms with Crippen LogP contribution in [0.1, 0.15) is 43.4 Å². The molecule has 0 bridgehead atoms. The fourth-order valence-electron chi connectivity index (χ4n) is 1.82. The van der Waals surface area contributed by atoms with E-state index < -0.39 is 0 Å². The van der Waals surface area contributed by atoms with Gasteiger partial charge < -0.3 is 5.73 Å². The van der Waals surface area contributed by atoms with Gasteiger partial charge in [0.2, 0.25) is 0 Å². The summed E-state index contributed by atoms with van der Waals surface area (Å²) in [4.78, 5) is 0. The van der Waals surface area contributed by atoms with E-state index in [0.29, 0.717) is 6.54 Å². The lowest BCUT2D eigenvalue weighted by molar-refractivity contribution is 0.886. The van der Waals surface area contributed by atoms with E-state index in [0.717, 1.165) is 0 Å². The van der Waals surface area contributed by atoms with Gasteiger partial charge in [0.15, 0.2) is 0 Å². The number of nitrogens with two attached hydrogens (primary N) is 1. The van der Waals surface area contributed by atoms with Crippen LogP contribution in [0.2, 0.25) is 0 Å². The molecule has 14 heavy (non-hydrogen) atoms. The Kier molecular flexibility index (Phi) is 4.68. The Balaban J connectivity index is 2.88. The summed E-state index contributed by atoms with van der Waals surface area (Å²) in [7, 11) is 0. The molecule has 1 nitrogen and oxygen atoms in total. The number of aryl methyl sites for hydroxylation is 2. The molecule has 0 fully saturated rings. The predicted octanol–water partition coefficient (Wildman–Crippen LogP) is 3.05. The van der Waals surface area contributed by atoms with Gasteiger partial charge in [0.1, 0.15) is 0 Å². The molecule has 1 rings (SSSR count). The number of hydrogen-bond acceptors (Lipinski definition) is 1. The van der Waals surface area contributed by atoms with Gasteiger partial charge in [-0.3, -0.25) is 0 Å². The fraction of sp³-hybridized carbons (Fsp3) is 0.538. The van der Waals surface area contributed by atoms with Gasteiger partial charge in [0.05, 0.1) is 0 Å². The molecule has 0 heterocycles. The van der Waals surface area contributed by atoms with Gasteiger partial charge in [-0.15, -0.1) is 0 Å². The molecule has 2 N–H and O–H groups in total. The average molecular weight is 191 g/mol. The minimum absolute atomic E-state index is 0.661. The lowest BCUT2D eigenvalue weighted by Gasteiger charge is -2.07. The second-order valence-electron chi connectivity index (χ2n) is 3.86. The minimum atomic E-state index is 0.661. The van der Waals surface area contributed by atoms with Crippen LogP contribution in [0.15, 0.2) is 18.2 Å².